The molecule has 3 aromatic rings. The van der Waals surface area contributed by atoms with Crippen LogP contribution in [0.25, 0.3) is 22.4 Å². The lowest BCUT2D eigenvalue weighted by molar-refractivity contribution is -0.131. The molecule has 5 rings (SSSR count). The monoisotopic (exact) mass is 438 g/mol. The van der Waals surface area contributed by atoms with Crippen molar-refractivity contribution in [3.8, 4) is 11.3 Å². The first kappa shape index (κ1) is 20.5. The topological polar surface area (TPSA) is 154 Å². The summed E-state index contributed by atoms with van der Waals surface area (Å²) >= 11 is 0. The van der Waals surface area contributed by atoms with Crippen LogP contribution in [0.4, 0.5) is 11.9 Å². The highest BCUT2D eigenvalue weighted by atomic mass is 16.5. The number of anilines is 2. The van der Waals surface area contributed by atoms with Crippen LogP contribution in [0, 0.1) is 0 Å². The van der Waals surface area contributed by atoms with Crippen LogP contribution in [0.2, 0.25) is 0 Å². The number of nitrogens with two attached hydrogens (primary N) is 2. The molecule has 5 heterocycles. The Morgan fingerprint density at radius 3 is 2.62 bits per heavy atom. The van der Waals surface area contributed by atoms with Crippen molar-refractivity contribution in [2.75, 3.05) is 50.0 Å². The normalized spacial score (nSPS) is 20.1. The second-order valence-electron chi connectivity index (χ2n) is 8.14. The molecule has 3 aromatic heterocycles. The molecule has 12 heteroatoms. The standard InChI is InChI=1S/C20H26N10O2/c1-12(21)18(31)29-3-2-14(10-29)30-11-25-16-15(13-8-23-19(22)24-9-13)26-20(27-17(16)30)28-4-6-32-7-5-28/h8-9,11-12,14H,2-7,10,21H2,1H3,(H2,22,23,24)/t12-,14?/m0/s1. The molecule has 2 aliphatic heterocycles. The van der Waals surface area contributed by atoms with Crippen molar-refractivity contribution >= 4 is 29.0 Å². The third-order valence-corrected chi connectivity index (χ3v) is 5.91. The maximum absolute atomic E-state index is 12.4. The van der Waals surface area contributed by atoms with Gasteiger partial charge in [0.25, 0.3) is 0 Å². The number of fused-ring (bicyclic) bond motifs is 1. The predicted octanol–water partition coefficient (Wildman–Crippen LogP) is -0.177. The summed E-state index contributed by atoms with van der Waals surface area (Å²) in [4.78, 5) is 38.8. The number of aromatic nitrogens is 6. The zero-order valence-corrected chi connectivity index (χ0v) is 17.9. The van der Waals surface area contributed by atoms with Crippen molar-refractivity contribution in [2.45, 2.75) is 25.4 Å². The molecule has 0 spiro atoms. The van der Waals surface area contributed by atoms with E-state index in [9.17, 15) is 4.79 Å². The summed E-state index contributed by atoms with van der Waals surface area (Å²) in [6, 6.07) is -0.452. The summed E-state index contributed by atoms with van der Waals surface area (Å²) < 4.78 is 7.52. The molecule has 0 bridgehead atoms. The van der Waals surface area contributed by atoms with Crippen molar-refractivity contribution in [1.82, 2.24) is 34.4 Å². The van der Waals surface area contributed by atoms with E-state index in [4.69, 9.17) is 26.2 Å². The van der Waals surface area contributed by atoms with Crippen LogP contribution in [-0.2, 0) is 9.53 Å². The van der Waals surface area contributed by atoms with E-state index in [0.29, 0.717) is 67.8 Å². The van der Waals surface area contributed by atoms with Gasteiger partial charge in [0.2, 0.25) is 17.8 Å². The Hall–Kier alpha value is -3.38. The number of rotatable bonds is 4. The molecule has 2 fully saturated rings. The predicted molar refractivity (Wildman–Crippen MR) is 118 cm³/mol. The summed E-state index contributed by atoms with van der Waals surface area (Å²) in [5.41, 5.74) is 14.2. The number of hydrogen-bond acceptors (Lipinski definition) is 10. The Balaban J connectivity index is 1.57. The summed E-state index contributed by atoms with van der Waals surface area (Å²) in [5, 5.41) is 0. The van der Waals surface area contributed by atoms with E-state index in [2.05, 4.69) is 19.9 Å². The van der Waals surface area contributed by atoms with E-state index >= 15 is 0 Å². The molecule has 1 unspecified atom stereocenters. The number of amides is 1. The lowest BCUT2D eigenvalue weighted by Gasteiger charge is -2.27. The molecule has 0 aliphatic carbocycles. The highest BCUT2D eigenvalue weighted by molar-refractivity contribution is 5.88. The van der Waals surface area contributed by atoms with Crippen molar-refractivity contribution in [1.29, 1.82) is 0 Å². The quantitative estimate of drug-likeness (QED) is 0.560. The maximum Gasteiger partial charge on any atom is 0.239 e. The van der Waals surface area contributed by atoms with E-state index in [0.717, 1.165) is 6.42 Å². The van der Waals surface area contributed by atoms with Gasteiger partial charge in [-0.2, -0.15) is 4.98 Å². The average molecular weight is 438 g/mol. The lowest BCUT2D eigenvalue weighted by atomic mass is 10.2. The fourth-order valence-corrected chi connectivity index (χ4v) is 4.20. The molecular formula is C20H26N10O2. The number of likely N-dealkylation sites (tertiary alicyclic amines) is 1. The van der Waals surface area contributed by atoms with E-state index < -0.39 is 6.04 Å². The number of ether oxygens (including phenoxy) is 1. The highest BCUT2D eigenvalue weighted by Gasteiger charge is 2.31. The van der Waals surface area contributed by atoms with Gasteiger partial charge in [0.05, 0.1) is 31.6 Å². The van der Waals surface area contributed by atoms with Gasteiger partial charge in [0.1, 0.15) is 11.2 Å². The Bertz CT molecular complexity index is 1120. The third kappa shape index (κ3) is 3.71. The Labute approximate surface area is 184 Å². The van der Waals surface area contributed by atoms with Crippen molar-refractivity contribution in [3.63, 3.8) is 0 Å². The largest absolute Gasteiger partial charge is 0.378 e. The molecule has 2 saturated heterocycles. The number of nitrogen functional groups attached to an aromatic ring is 1. The van der Waals surface area contributed by atoms with Crippen LogP contribution >= 0.6 is 0 Å². The summed E-state index contributed by atoms with van der Waals surface area (Å²) in [6.45, 7) is 5.60. The van der Waals surface area contributed by atoms with Gasteiger partial charge in [0.15, 0.2) is 5.65 Å². The van der Waals surface area contributed by atoms with E-state index in [-0.39, 0.29) is 17.9 Å². The molecular weight excluding hydrogens is 412 g/mol. The number of imidazole rings is 1. The maximum atomic E-state index is 12.4. The molecule has 32 heavy (non-hydrogen) atoms. The van der Waals surface area contributed by atoms with Gasteiger partial charge in [-0.3, -0.25) is 4.79 Å². The van der Waals surface area contributed by atoms with Crippen molar-refractivity contribution in [2.24, 2.45) is 5.73 Å². The molecule has 12 nitrogen and oxygen atoms in total. The Morgan fingerprint density at radius 1 is 1.16 bits per heavy atom. The Kier molecular flexibility index (Phi) is 5.31. The van der Waals surface area contributed by atoms with Gasteiger partial charge < -0.3 is 30.6 Å². The Morgan fingerprint density at radius 2 is 1.91 bits per heavy atom. The number of hydrogen-bond donors (Lipinski definition) is 2. The third-order valence-electron chi connectivity index (χ3n) is 5.91. The molecule has 2 aliphatic rings. The lowest BCUT2D eigenvalue weighted by Crippen LogP contribution is -2.40. The van der Waals surface area contributed by atoms with Crippen LogP contribution < -0.4 is 16.4 Å². The number of nitrogens with zero attached hydrogens (tertiary/aromatic N) is 8. The first-order chi connectivity index (χ1) is 15.5. The number of carbonyl (C=O) groups excluding carboxylic acids is 1. The van der Waals surface area contributed by atoms with E-state index in [1.165, 1.54) is 0 Å². The average Bonchev–Trinajstić information content (AvgIpc) is 3.46. The minimum atomic E-state index is -0.513. The van der Waals surface area contributed by atoms with Crippen LogP contribution in [-0.4, -0.2) is 85.7 Å². The van der Waals surface area contributed by atoms with Gasteiger partial charge >= 0.3 is 0 Å². The molecule has 0 radical (unpaired) electrons. The first-order valence-electron chi connectivity index (χ1n) is 10.7. The van der Waals surface area contributed by atoms with Crippen LogP contribution in [0.5, 0.6) is 0 Å². The van der Waals surface area contributed by atoms with Gasteiger partial charge in [-0.1, -0.05) is 0 Å². The van der Waals surface area contributed by atoms with Gasteiger partial charge in [-0.15, -0.1) is 0 Å². The molecule has 1 amide bonds. The van der Waals surface area contributed by atoms with E-state index in [1.54, 1.807) is 30.5 Å². The number of carbonyl (C=O) groups is 1. The van der Waals surface area contributed by atoms with E-state index in [1.807, 2.05) is 4.57 Å². The zero-order chi connectivity index (χ0) is 22.2. The smallest absolute Gasteiger partial charge is 0.239 e. The van der Waals surface area contributed by atoms with Gasteiger partial charge in [-0.25, -0.2) is 19.9 Å². The fraction of sp³-hybridized carbons (Fsp3) is 0.500. The van der Waals surface area contributed by atoms with Gasteiger partial charge in [-0.05, 0) is 13.3 Å². The minimum absolute atomic E-state index is 0.0414. The molecule has 2 atom stereocenters. The van der Waals surface area contributed by atoms with Gasteiger partial charge in [0, 0.05) is 44.1 Å². The second-order valence-corrected chi connectivity index (χ2v) is 8.14. The SMILES string of the molecule is C[C@H](N)C(=O)N1CCC(n2cnc3c(-c4cnc(N)nc4)nc(N4CCOCC4)nc32)C1. The van der Waals surface area contributed by atoms with Crippen molar-refractivity contribution in [3.05, 3.63) is 18.7 Å². The van der Waals surface area contributed by atoms with Crippen LogP contribution in [0.1, 0.15) is 19.4 Å². The molecule has 4 N–H and O–H groups in total. The second kappa shape index (κ2) is 8.28. The molecule has 168 valence electrons. The number of morpholine rings is 1. The van der Waals surface area contributed by atoms with Crippen LogP contribution in [0.15, 0.2) is 18.7 Å². The summed E-state index contributed by atoms with van der Waals surface area (Å²) in [5.74, 6) is 0.763. The van der Waals surface area contributed by atoms with Crippen LogP contribution in [0.3, 0.4) is 0 Å². The summed E-state index contributed by atoms with van der Waals surface area (Å²) in [7, 11) is 0. The highest BCUT2D eigenvalue weighted by Crippen LogP contribution is 2.31. The molecule has 0 saturated carbocycles. The fourth-order valence-electron chi connectivity index (χ4n) is 4.20. The summed E-state index contributed by atoms with van der Waals surface area (Å²) in [6.07, 6.45) is 5.87. The van der Waals surface area contributed by atoms with Crippen molar-refractivity contribution < 1.29 is 9.53 Å². The zero-order valence-electron chi connectivity index (χ0n) is 17.9. The minimum Gasteiger partial charge on any atom is -0.378 e. The first-order valence-corrected chi connectivity index (χ1v) is 10.7. The molecule has 0 aromatic carbocycles.